The molecule has 1 aliphatic rings. The maximum atomic E-state index is 12.7. The topological polar surface area (TPSA) is 237 Å². The summed E-state index contributed by atoms with van der Waals surface area (Å²) in [6.45, 7) is 1.89. The molecule has 0 saturated carbocycles. The number of carbonyl (C=O) groups is 6. The first-order valence-corrected chi connectivity index (χ1v) is 10.5. The minimum atomic E-state index is -1.55. The van der Waals surface area contributed by atoms with E-state index < -0.39 is 78.7 Å². The summed E-state index contributed by atoms with van der Waals surface area (Å²) in [5.74, 6) is -5.96. The van der Waals surface area contributed by atoms with Gasteiger partial charge in [0.05, 0.1) is 12.1 Å². The van der Waals surface area contributed by atoms with Crippen LogP contribution in [0.3, 0.4) is 0 Å². The molecule has 1 rings (SSSR count). The van der Waals surface area contributed by atoms with Crippen LogP contribution in [-0.4, -0.2) is 87.7 Å². The van der Waals surface area contributed by atoms with Crippen LogP contribution >= 0.6 is 0 Å². The van der Waals surface area contributed by atoms with E-state index >= 15 is 0 Å². The molecule has 5 atom stereocenters. The van der Waals surface area contributed by atoms with Crippen molar-refractivity contribution in [3.63, 3.8) is 0 Å². The molecule has 0 aromatic heterocycles. The van der Waals surface area contributed by atoms with E-state index in [9.17, 15) is 39.0 Å². The Balaban J connectivity index is 2.91. The Morgan fingerprint density at radius 3 is 2.06 bits per heavy atom. The Morgan fingerprint density at radius 1 is 0.970 bits per heavy atom. The molecule has 186 valence electrons. The molecule has 1 aliphatic heterocycles. The van der Waals surface area contributed by atoms with Crippen LogP contribution < -0.4 is 27.0 Å². The highest BCUT2D eigenvalue weighted by atomic mass is 16.4. The van der Waals surface area contributed by atoms with Gasteiger partial charge in [-0.1, -0.05) is 0 Å². The number of nitrogens with one attached hydrogen (secondary N) is 4. The van der Waals surface area contributed by atoms with E-state index in [2.05, 4.69) is 21.3 Å². The fraction of sp³-hybridized carbons (Fsp3) is 0.684. The molecule has 5 unspecified atom stereocenters. The number of primary amides is 1. The Bertz CT molecular complexity index is 752. The smallest absolute Gasteiger partial charge is 0.326 e. The Hall–Kier alpha value is -3.26. The molecule has 0 aromatic carbocycles. The second-order valence-electron chi connectivity index (χ2n) is 7.77. The van der Waals surface area contributed by atoms with Crippen molar-refractivity contribution in [2.45, 2.75) is 75.7 Å². The van der Waals surface area contributed by atoms with Gasteiger partial charge in [0.2, 0.25) is 23.6 Å². The highest BCUT2D eigenvalue weighted by molar-refractivity contribution is 5.94. The number of carboxylic acid groups (broad SMARTS) is 2. The van der Waals surface area contributed by atoms with Crippen molar-refractivity contribution < 1.29 is 44.1 Å². The van der Waals surface area contributed by atoms with Crippen LogP contribution in [0.1, 0.15) is 45.4 Å². The Kier molecular flexibility index (Phi) is 11.2. The summed E-state index contributed by atoms with van der Waals surface area (Å²) >= 11 is 0. The van der Waals surface area contributed by atoms with Crippen LogP contribution in [0.15, 0.2) is 0 Å². The molecule has 0 bridgehead atoms. The largest absolute Gasteiger partial charge is 0.481 e. The first-order valence-electron chi connectivity index (χ1n) is 10.5. The lowest BCUT2D eigenvalue weighted by Crippen LogP contribution is -2.59. The third-order valence-electron chi connectivity index (χ3n) is 5.01. The number of hydrogen-bond acceptors (Lipinski definition) is 8. The number of carbonyl (C=O) groups excluding carboxylic acids is 4. The maximum Gasteiger partial charge on any atom is 0.326 e. The minimum absolute atomic E-state index is 0.289. The van der Waals surface area contributed by atoms with Gasteiger partial charge in [-0.2, -0.15) is 0 Å². The first kappa shape index (κ1) is 27.8. The van der Waals surface area contributed by atoms with Gasteiger partial charge in [-0.05, 0) is 39.2 Å². The summed E-state index contributed by atoms with van der Waals surface area (Å²) in [7, 11) is 0. The lowest BCUT2D eigenvalue weighted by atomic mass is 10.1. The quantitative estimate of drug-likeness (QED) is 0.126. The summed E-state index contributed by atoms with van der Waals surface area (Å²) in [6, 6.07) is -4.94. The second kappa shape index (κ2) is 13.3. The van der Waals surface area contributed by atoms with Crippen molar-refractivity contribution in [1.29, 1.82) is 0 Å². The average molecular weight is 473 g/mol. The number of rotatable bonds is 14. The monoisotopic (exact) mass is 473 g/mol. The van der Waals surface area contributed by atoms with E-state index in [1.54, 1.807) is 0 Å². The second-order valence-corrected chi connectivity index (χ2v) is 7.77. The van der Waals surface area contributed by atoms with Crippen molar-refractivity contribution >= 4 is 35.6 Å². The number of aliphatic hydroxyl groups is 1. The third-order valence-corrected chi connectivity index (χ3v) is 5.01. The van der Waals surface area contributed by atoms with Crippen molar-refractivity contribution in [3.05, 3.63) is 0 Å². The molecule has 14 nitrogen and oxygen atoms in total. The molecule has 4 amide bonds. The molecule has 9 N–H and O–H groups in total. The van der Waals surface area contributed by atoms with Gasteiger partial charge in [-0.15, -0.1) is 0 Å². The number of aliphatic hydroxyl groups excluding tert-OH is 1. The predicted octanol–water partition coefficient (Wildman–Crippen LogP) is -3.21. The summed E-state index contributed by atoms with van der Waals surface area (Å²) in [6.07, 6.45) is -1.57. The SMILES string of the molecule is CC(O)C(NC(=O)C1CCCN1)C(=O)NC(CCC(N)=O)C(=O)NC(CCC(=O)O)C(=O)O. The van der Waals surface area contributed by atoms with Crippen LogP contribution in [-0.2, 0) is 28.8 Å². The van der Waals surface area contributed by atoms with Gasteiger partial charge < -0.3 is 42.3 Å². The lowest BCUT2D eigenvalue weighted by molar-refractivity contribution is -0.143. The molecule has 33 heavy (non-hydrogen) atoms. The molecule has 0 aromatic rings. The van der Waals surface area contributed by atoms with Crippen molar-refractivity contribution in [2.75, 3.05) is 6.54 Å². The average Bonchev–Trinajstić information content (AvgIpc) is 3.26. The molecule has 0 aliphatic carbocycles. The zero-order chi connectivity index (χ0) is 25.1. The highest BCUT2D eigenvalue weighted by Gasteiger charge is 2.33. The molecular formula is C19H31N5O9. The van der Waals surface area contributed by atoms with Gasteiger partial charge in [-0.3, -0.25) is 24.0 Å². The van der Waals surface area contributed by atoms with Crippen molar-refractivity contribution in [2.24, 2.45) is 5.73 Å². The molecule has 0 spiro atoms. The molecule has 1 heterocycles. The molecule has 1 saturated heterocycles. The van der Waals surface area contributed by atoms with Gasteiger partial charge >= 0.3 is 11.9 Å². The molecule has 14 heteroatoms. The van der Waals surface area contributed by atoms with E-state index in [4.69, 9.17) is 10.8 Å². The van der Waals surface area contributed by atoms with Gasteiger partial charge in [-0.25, -0.2) is 4.79 Å². The van der Waals surface area contributed by atoms with Crippen LogP contribution in [0.25, 0.3) is 0 Å². The van der Waals surface area contributed by atoms with Crippen LogP contribution in [0, 0.1) is 0 Å². The van der Waals surface area contributed by atoms with E-state index in [-0.39, 0.29) is 12.8 Å². The number of hydrogen-bond donors (Lipinski definition) is 8. The van der Waals surface area contributed by atoms with Crippen LogP contribution in [0.4, 0.5) is 0 Å². The molecule has 0 radical (unpaired) electrons. The van der Waals surface area contributed by atoms with E-state index in [1.165, 1.54) is 6.92 Å². The van der Waals surface area contributed by atoms with Gasteiger partial charge in [0, 0.05) is 12.8 Å². The zero-order valence-corrected chi connectivity index (χ0v) is 18.2. The van der Waals surface area contributed by atoms with E-state index in [1.807, 2.05) is 0 Å². The number of nitrogens with two attached hydrogens (primary N) is 1. The van der Waals surface area contributed by atoms with E-state index in [0.717, 1.165) is 6.42 Å². The Labute approximate surface area is 189 Å². The number of amides is 4. The molecular weight excluding hydrogens is 442 g/mol. The summed E-state index contributed by atoms with van der Waals surface area (Å²) in [4.78, 5) is 70.9. The number of carboxylic acids is 2. The number of aliphatic carboxylic acids is 2. The standard InChI is InChI=1S/C19H31N5O9/c1-9(25)15(24-16(29)10-3-2-8-21-10)18(31)22-11(4-6-13(20)26)17(30)23-12(19(32)33)5-7-14(27)28/h9-12,15,21,25H,2-8H2,1H3,(H2,20,26)(H,22,31)(H,23,30)(H,24,29)(H,27,28)(H,32,33). The van der Waals surface area contributed by atoms with Crippen LogP contribution in [0.2, 0.25) is 0 Å². The maximum absolute atomic E-state index is 12.7. The third kappa shape index (κ3) is 9.82. The predicted molar refractivity (Wildman–Crippen MR) is 111 cm³/mol. The molecule has 1 fully saturated rings. The van der Waals surface area contributed by atoms with Crippen molar-refractivity contribution in [1.82, 2.24) is 21.3 Å². The minimum Gasteiger partial charge on any atom is -0.481 e. The Morgan fingerprint density at radius 2 is 1.58 bits per heavy atom. The van der Waals surface area contributed by atoms with Gasteiger partial charge in [0.1, 0.15) is 18.1 Å². The summed E-state index contributed by atoms with van der Waals surface area (Å²) in [5.41, 5.74) is 5.10. The van der Waals surface area contributed by atoms with Gasteiger partial charge in [0.15, 0.2) is 0 Å². The fourth-order valence-electron chi connectivity index (χ4n) is 3.18. The van der Waals surface area contributed by atoms with Crippen molar-refractivity contribution in [3.8, 4) is 0 Å². The normalized spacial score (nSPS) is 18.9. The first-order chi connectivity index (χ1) is 15.4. The van der Waals surface area contributed by atoms with E-state index in [0.29, 0.717) is 13.0 Å². The van der Waals surface area contributed by atoms with Crippen LogP contribution in [0.5, 0.6) is 0 Å². The lowest BCUT2D eigenvalue weighted by Gasteiger charge is -2.26. The fourth-order valence-corrected chi connectivity index (χ4v) is 3.18. The summed E-state index contributed by atoms with van der Waals surface area (Å²) in [5, 5.41) is 37.7. The summed E-state index contributed by atoms with van der Waals surface area (Å²) < 4.78 is 0. The zero-order valence-electron chi connectivity index (χ0n) is 18.2. The highest BCUT2D eigenvalue weighted by Crippen LogP contribution is 2.07. The van der Waals surface area contributed by atoms with Gasteiger partial charge in [0.25, 0.3) is 0 Å².